The predicted octanol–water partition coefficient (Wildman–Crippen LogP) is 6.83. The second-order valence-corrected chi connectivity index (χ2v) is 10.7. The Balaban J connectivity index is 1.38. The lowest BCUT2D eigenvalue weighted by Crippen LogP contribution is -2.15. The van der Waals surface area contributed by atoms with Crippen LogP contribution in [0.1, 0.15) is 22.8 Å². The molecule has 0 saturated carbocycles. The number of nitrogens with one attached hydrogen (secondary N) is 2. The van der Waals surface area contributed by atoms with E-state index < -0.39 is 10.0 Å². The van der Waals surface area contributed by atoms with Crippen molar-refractivity contribution in [1.29, 1.82) is 0 Å². The first-order valence-electron chi connectivity index (χ1n) is 11.5. The number of hydrogen-bond donors (Lipinski definition) is 2. The minimum atomic E-state index is -3.78. The van der Waals surface area contributed by atoms with Crippen LogP contribution in [-0.2, 0) is 16.6 Å². The molecule has 1 aromatic heterocycles. The maximum Gasteiger partial charge on any atom is 0.261 e. The normalized spacial score (nSPS) is 11.6. The van der Waals surface area contributed by atoms with Gasteiger partial charge in [0.15, 0.2) is 0 Å². The van der Waals surface area contributed by atoms with Crippen LogP contribution in [0.5, 0.6) is 0 Å². The van der Waals surface area contributed by atoms with E-state index in [0.29, 0.717) is 5.69 Å². The molecule has 6 nitrogen and oxygen atoms in total. The number of nitrogens with zero attached hydrogens (tertiary/aromatic N) is 1. The standard InChI is InChI=1S/C28H24ClN3O3S/c1-3-32-26-7-5-4-6-22(26)24-16-19(11-15-27(24)32)30-28(33)23-14-10-20(17-25(23)29)31-36(34,35)21-12-8-18(2)9-13-21/h4-17,31H,3H2,1-2H3,(H,30,33). The van der Waals surface area contributed by atoms with Crippen molar-refractivity contribution in [1.82, 2.24) is 4.57 Å². The molecule has 4 aromatic carbocycles. The number of benzene rings is 4. The van der Waals surface area contributed by atoms with Crippen LogP contribution in [0, 0.1) is 6.92 Å². The highest BCUT2D eigenvalue weighted by Crippen LogP contribution is 2.31. The number of carbonyl (C=O) groups is 1. The van der Waals surface area contributed by atoms with Crippen LogP contribution in [0.3, 0.4) is 0 Å². The molecule has 182 valence electrons. The molecule has 0 unspecified atom stereocenters. The van der Waals surface area contributed by atoms with Crippen molar-refractivity contribution in [3.63, 3.8) is 0 Å². The SMILES string of the molecule is CCn1c2ccccc2c2cc(NC(=O)c3ccc(NS(=O)(=O)c4ccc(C)cc4)cc3Cl)ccc21. The van der Waals surface area contributed by atoms with Gasteiger partial charge in [0.2, 0.25) is 0 Å². The Kier molecular flexibility index (Phi) is 6.20. The average molecular weight is 518 g/mol. The molecule has 8 heteroatoms. The van der Waals surface area contributed by atoms with Gasteiger partial charge in [-0.25, -0.2) is 8.42 Å². The molecule has 0 radical (unpaired) electrons. The highest BCUT2D eigenvalue weighted by atomic mass is 35.5. The van der Waals surface area contributed by atoms with Gasteiger partial charge in [-0.05, 0) is 68.4 Å². The number of aryl methyl sites for hydroxylation is 2. The van der Waals surface area contributed by atoms with Gasteiger partial charge >= 0.3 is 0 Å². The van der Waals surface area contributed by atoms with Crippen LogP contribution >= 0.6 is 11.6 Å². The Morgan fingerprint density at radius 2 is 1.56 bits per heavy atom. The Morgan fingerprint density at radius 1 is 0.861 bits per heavy atom. The summed E-state index contributed by atoms with van der Waals surface area (Å²) in [5.74, 6) is -0.383. The summed E-state index contributed by atoms with van der Waals surface area (Å²) < 4.78 is 30.1. The smallest absolute Gasteiger partial charge is 0.261 e. The van der Waals surface area contributed by atoms with E-state index in [1.165, 1.54) is 30.3 Å². The third-order valence-electron chi connectivity index (χ3n) is 6.14. The van der Waals surface area contributed by atoms with Crippen molar-refractivity contribution >= 4 is 60.7 Å². The van der Waals surface area contributed by atoms with E-state index in [1.807, 2.05) is 37.3 Å². The van der Waals surface area contributed by atoms with Crippen molar-refractivity contribution in [3.8, 4) is 0 Å². The van der Waals surface area contributed by atoms with E-state index in [9.17, 15) is 13.2 Å². The second-order valence-electron chi connectivity index (χ2n) is 8.56. The topological polar surface area (TPSA) is 80.2 Å². The van der Waals surface area contributed by atoms with Gasteiger partial charge in [-0.3, -0.25) is 9.52 Å². The van der Waals surface area contributed by atoms with E-state index in [1.54, 1.807) is 12.1 Å². The third-order valence-corrected chi connectivity index (χ3v) is 7.85. The molecule has 0 atom stereocenters. The molecule has 0 saturated heterocycles. The van der Waals surface area contributed by atoms with Crippen LogP contribution in [0.2, 0.25) is 5.02 Å². The fourth-order valence-corrected chi connectivity index (χ4v) is 5.68. The van der Waals surface area contributed by atoms with E-state index in [0.717, 1.165) is 33.9 Å². The second kappa shape index (κ2) is 9.33. The number of carbonyl (C=O) groups excluding carboxylic acids is 1. The first-order valence-corrected chi connectivity index (χ1v) is 13.3. The van der Waals surface area contributed by atoms with Crippen molar-refractivity contribution in [2.75, 3.05) is 10.0 Å². The van der Waals surface area contributed by atoms with Crippen LogP contribution in [0.4, 0.5) is 11.4 Å². The van der Waals surface area contributed by atoms with E-state index >= 15 is 0 Å². The zero-order valence-corrected chi connectivity index (χ0v) is 21.3. The zero-order valence-electron chi connectivity index (χ0n) is 19.7. The van der Waals surface area contributed by atoms with Crippen LogP contribution in [0.25, 0.3) is 21.8 Å². The maximum atomic E-state index is 13.0. The number of amides is 1. The van der Waals surface area contributed by atoms with Gasteiger partial charge in [-0.1, -0.05) is 47.5 Å². The molecule has 5 aromatic rings. The van der Waals surface area contributed by atoms with Crippen molar-refractivity contribution in [3.05, 3.63) is 101 Å². The lowest BCUT2D eigenvalue weighted by atomic mass is 10.1. The van der Waals surface area contributed by atoms with Gasteiger partial charge < -0.3 is 9.88 Å². The fourth-order valence-electron chi connectivity index (χ4n) is 4.36. The summed E-state index contributed by atoms with van der Waals surface area (Å²) in [5.41, 5.74) is 4.36. The van der Waals surface area contributed by atoms with Crippen LogP contribution in [-0.4, -0.2) is 18.9 Å². The first kappa shape index (κ1) is 23.9. The minimum Gasteiger partial charge on any atom is -0.341 e. The molecule has 0 fully saturated rings. The summed E-state index contributed by atoms with van der Waals surface area (Å²) in [5, 5.41) is 5.22. The summed E-state index contributed by atoms with van der Waals surface area (Å²) >= 11 is 6.38. The van der Waals surface area contributed by atoms with E-state index in [2.05, 4.69) is 33.7 Å². The van der Waals surface area contributed by atoms with Gasteiger partial charge in [0, 0.05) is 34.0 Å². The first-order chi connectivity index (χ1) is 17.3. The number of sulfonamides is 1. The largest absolute Gasteiger partial charge is 0.341 e. The molecule has 0 aliphatic heterocycles. The number of halogens is 1. The van der Waals surface area contributed by atoms with E-state index in [4.69, 9.17) is 11.6 Å². The number of fused-ring (bicyclic) bond motifs is 3. The summed E-state index contributed by atoms with van der Waals surface area (Å²) in [4.78, 5) is 13.2. The monoisotopic (exact) mass is 517 g/mol. The number of hydrogen-bond acceptors (Lipinski definition) is 3. The summed E-state index contributed by atoms with van der Waals surface area (Å²) in [6.07, 6.45) is 0. The number of para-hydroxylation sites is 1. The highest BCUT2D eigenvalue weighted by molar-refractivity contribution is 7.92. The lowest BCUT2D eigenvalue weighted by molar-refractivity contribution is 0.102. The summed E-state index contributed by atoms with van der Waals surface area (Å²) in [6, 6.07) is 25.0. The molecule has 36 heavy (non-hydrogen) atoms. The van der Waals surface area contributed by atoms with E-state index in [-0.39, 0.29) is 27.1 Å². The van der Waals surface area contributed by atoms with Crippen molar-refractivity contribution < 1.29 is 13.2 Å². The van der Waals surface area contributed by atoms with Gasteiger partial charge in [0.1, 0.15) is 0 Å². The number of rotatable bonds is 6. The average Bonchev–Trinajstić information content (AvgIpc) is 3.17. The quantitative estimate of drug-likeness (QED) is 0.259. The molecule has 0 bridgehead atoms. The predicted molar refractivity (Wildman–Crippen MR) is 147 cm³/mol. The van der Waals surface area contributed by atoms with Crippen molar-refractivity contribution in [2.24, 2.45) is 0 Å². The zero-order chi connectivity index (χ0) is 25.4. The molecule has 2 N–H and O–H groups in total. The lowest BCUT2D eigenvalue weighted by Gasteiger charge is -2.11. The summed E-state index contributed by atoms with van der Waals surface area (Å²) in [7, 11) is -3.78. The van der Waals surface area contributed by atoms with Crippen molar-refractivity contribution in [2.45, 2.75) is 25.3 Å². The summed E-state index contributed by atoms with van der Waals surface area (Å²) in [6.45, 7) is 4.83. The molecule has 0 spiro atoms. The van der Waals surface area contributed by atoms with Gasteiger partial charge in [-0.2, -0.15) is 0 Å². The Labute approximate surface area is 214 Å². The van der Waals surface area contributed by atoms with Gasteiger partial charge in [-0.15, -0.1) is 0 Å². The third kappa shape index (κ3) is 4.43. The minimum absolute atomic E-state index is 0.139. The molecule has 5 rings (SSSR count). The van der Waals surface area contributed by atoms with Gasteiger partial charge in [0.25, 0.3) is 15.9 Å². The molecule has 1 heterocycles. The number of aromatic nitrogens is 1. The van der Waals surface area contributed by atoms with Crippen LogP contribution < -0.4 is 10.0 Å². The Morgan fingerprint density at radius 3 is 2.28 bits per heavy atom. The fraction of sp³-hybridized carbons (Fsp3) is 0.107. The molecule has 1 amide bonds. The molecular formula is C28H24ClN3O3S. The number of anilines is 2. The van der Waals surface area contributed by atoms with Gasteiger partial charge in [0.05, 0.1) is 21.2 Å². The molecular weight excluding hydrogens is 494 g/mol. The molecule has 0 aliphatic carbocycles. The molecule has 0 aliphatic rings. The van der Waals surface area contributed by atoms with Crippen LogP contribution in [0.15, 0.2) is 89.8 Å². The Bertz CT molecular complexity index is 1730. The maximum absolute atomic E-state index is 13.0. The highest BCUT2D eigenvalue weighted by Gasteiger charge is 2.17. The Hall–Kier alpha value is -3.81.